The van der Waals surface area contributed by atoms with E-state index in [1.54, 1.807) is 13.2 Å². The Balaban J connectivity index is 1.80. The van der Waals surface area contributed by atoms with E-state index in [1.165, 1.54) is 28.4 Å². The lowest BCUT2D eigenvalue weighted by Crippen LogP contribution is -2.46. The molecule has 0 aliphatic carbocycles. The number of nitrogens with zero attached hydrogens (tertiary/aromatic N) is 1. The third kappa shape index (κ3) is 6.64. The van der Waals surface area contributed by atoms with Crippen molar-refractivity contribution in [3.63, 3.8) is 0 Å². The molecule has 0 spiro atoms. The Bertz CT molecular complexity index is 1470. The molecule has 5 nitrogen and oxygen atoms in total. The number of carbonyl (C=O) groups excluding carboxylic acids is 1. The van der Waals surface area contributed by atoms with Gasteiger partial charge in [-0.1, -0.05) is 73.4 Å². The van der Waals surface area contributed by atoms with Gasteiger partial charge in [0.1, 0.15) is 11.8 Å². The molecule has 0 fully saturated rings. The third-order valence-corrected chi connectivity index (χ3v) is 8.05. The number of ether oxygens (including phenoxy) is 1. The van der Waals surface area contributed by atoms with E-state index in [9.17, 15) is 14.7 Å². The van der Waals surface area contributed by atoms with Gasteiger partial charge in [-0.2, -0.15) is 0 Å². The maximum atomic E-state index is 14.0. The van der Waals surface area contributed by atoms with Gasteiger partial charge in [0.05, 0.1) is 24.2 Å². The zero-order valence-corrected chi connectivity index (χ0v) is 24.2. The molecule has 4 rings (SSSR count). The summed E-state index contributed by atoms with van der Waals surface area (Å²) >= 11 is 14.0. The smallest absolute Gasteiger partial charge is 0.326 e. The summed E-state index contributed by atoms with van der Waals surface area (Å²) in [6, 6.07) is 20.8. The van der Waals surface area contributed by atoms with Gasteiger partial charge >= 0.3 is 5.97 Å². The Hall–Kier alpha value is -3.32. The van der Waals surface area contributed by atoms with Gasteiger partial charge < -0.3 is 14.7 Å². The summed E-state index contributed by atoms with van der Waals surface area (Å²) in [5.41, 5.74) is 3.94. The minimum absolute atomic E-state index is 0.0731. The van der Waals surface area contributed by atoms with Crippen LogP contribution in [0.25, 0.3) is 11.1 Å². The second kappa shape index (κ2) is 12.7. The summed E-state index contributed by atoms with van der Waals surface area (Å²) in [7, 11) is 1.62. The number of hydrogen-bond donors (Lipinski definition) is 1. The van der Waals surface area contributed by atoms with E-state index in [4.69, 9.17) is 27.9 Å². The fourth-order valence-electron chi connectivity index (χ4n) is 4.46. The SMILES string of the molecule is COc1ccc(C(C)C)cc1-c1ccsc1CN(C(=O)c1ccc(Cl)cc1Cl)[C@@H](Cc1ccccc1)C(=O)O. The zero-order chi connectivity index (χ0) is 28.1. The largest absolute Gasteiger partial charge is 0.496 e. The van der Waals surface area contributed by atoms with E-state index < -0.39 is 17.9 Å². The maximum absolute atomic E-state index is 14.0. The van der Waals surface area contributed by atoms with E-state index in [-0.39, 0.29) is 23.6 Å². The van der Waals surface area contributed by atoms with Gasteiger partial charge in [0.15, 0.2) is 0 Å². The number of halogens is 2. The molecule has 0 saturated carbocycles. The minimum atomic E-state index is -1.13. The number of methoxy groups -OCH3 is 1. The molecule has 0 aliphatic rings. The highest BCUT2D eigenvalue weighted by atomic mass is 35.5. The van der Waals surface area contributed by atoms with Crippen molar-refractivity contribution in [3.8, 4) is 16.9 Å². The average molecular weight is 583 g/mol. The molecule has 0 bridgehead atoms. The minimum Gasteiger partial charge on any atom is -0.496 e. The van der Waals surface area contributed by atoms with E-state index in [0.717, 1.165) is 27.1 Å². The monoisotopic (exact) mass is 581 g/mol. The Labute approximate surface area is 242 Å². The van der Waals surface area contributed by atoms with Gasteiger partial charge in [-0.15, -0.1) is 11.3 Å². The molecule has 1 amide bonds. The van der Waals surface area contributed by atoms with Crippen molar-refractivity contribution in [1.29, 1.82) is 0 Å². The molecule has 1 atom stereocenters. The first kappa shape index (κ1) is 28.7. The van der Waals surface area contributed by atoms with Crippen molar-refractivity contribution in [2.45, 2.75) is 38.8 Å². The van der Waals surface area contributed by atoms with E-state index in [2.05, 4.69) is 19.9 Å². The molecule has 1 heterocycles. The van der Waals surface area contributed by atoms with Crippen molar-refractivity contribution in [2.75, 3.05) is 7.11 Å². The molecule has 1 N–H and O–H groups in total. The number of amides is 1. The number of thiophene rings is 1. The normalized spacial score (nSPS) is 11.8. The third-order valence-electron chi connectivity index (χ3n) is 6.60. The predicted molar refractivity (Wildman–Crippen MR) is 158 cm³/mol. The van der Waals surface area contributed by atoms with Gasteiger partial charge in [0.25, 0.3) is 5.91 Å². The van der Waals surface area contributed by atoms with Crippen LogP contribution in [0.4, 0.5) is 0 Å². The summed E-state index contributed by atoms with van der Waals surface area (Å²) in [6.45, 7) is 4.32. The van der Waals surface area contributed by atoms with Crippen LogP contribution in [0.15, 0.2) is 78.2 Å². The van der Waals surface area contributed by atoms with Crippen LogP contribution in [0.2, 0.25) is 10.0 Å². The Kier molecular flexibility index (Phi) is 9.33. The van der Waals surface area contributed by atoms with Gasteiger partial charge in [-0.25, -0.2) is 4.79 Å². The average Bonchev–Trinajstić information content (AvgIpc) is 3.38. The fourth-order valence-corrected chi connectivity index (χ4v) is 5.84. The summed E-state index contributed by atoms with van der Waals surface area (Å²) in [4.78, 5) is 28.9. The van der Waals surface area contributed by atoms with E-state index in [0.29, 0.717) is 16.7 Å². The first-order chi connectivity index (χ1) is 18.7. The highest BCUT2D eigenvalue weighted by molar-refractivity contribution is 7.10. The van der Waals surface area contributed by atoms with Crippen molar-refractivity contribution < 1.29 is 19.4 Å². The second-order valence-electron chi connectivity index (χ2n) is 9.47. The Morgan fingerprint density at radius 2 is 1.72 bits per heavy atom. The first-order valence-corrected chi connectivity index (χ1v) is 14.1. The summed E-state index contributed by atoms with van der Waals surface area (Å²) < 4.78 is 5.67. The number of hydrogen-bond acceptors (Lipinski definition) is 4. The van der Waals surface area contributed by atoms with Crippen LogP contribution >= 0.6 is 34.5 Å². The summed E-state index contributed by atoms with van der Waals surface area (Å²) in [5.74, 6) is -0.571. The Morgan fingerprint density at radius 1 is 0.974 bits per heavy atom. The van der Waals surface area contributed by atoms with E-state index in [1.807, 2.05) is 53.9 Å². The van der Waals surface area contributed by atoms with Gasteiger partial charge in [-0.3, -0.25) is 4.79 Å². The number of carboxylic acids is 1. The number of benzene rings is 3. The number of rotatable bonds is 10. The lowest BCUT2D eigenvalue weighted by molar-refractivity contribution is -0.142. The van der Waals surface area contributed by atoms with Gasteiger partial charge in [-0.05, 0) is 58.8 Å². The number of aliphatic carboxylic acids is 1. The molecule has 3 aromatic carbocycles. The number of carbonyl (C=O) groups is 2. The van der Waals surface area contributed by atoms with Crippen LogP contribution in [0.3, 0.4) is 0 Å². The second-order valence-corrected chi connectivity index (χ2v) is 11.3. The lowest BCUT2D eigenvalue weighted by Gasteiger charge is -2.30. The van der Waals surface area contributed by atoms with Gasteiger partial charge in [0.2, 0.25) is 0 Å². The molecular weight excluding hydrogens is 553 g/mol. The summed E-state index contributed by atoms with van der Waals surface area (Å²) in [6.07, 6.45) is 0.139. The Morgan fingerprint density at radius 3 is 2.36 bits per heavy atom. The van der Waals surface area contributed by atoms with Crippen LogP contribution in [-0.4, -0.2) is 35.0 Å². The van der Waals surface area contributed by atoms with Crippen LogP contribution in [0.1, 0.15) is 46.1 Å². The van der Waals surface area contributed by atoms with Crippen molar-refractivity contribution in [2.24, 2.45) is 0 Å². The molecular formula is C31H29Cl2NO4S. The first-order valence-electron chi connectivity index (χ1n) is 12.5. The topological polar surface area (TPSA) is 66.8 Å². The highest BCUT2D eigenvalue weighted by Gasteiger charge is 2.33. The van der Waals surface area contributed by atoms with Crippen LogP contribution in [-0.2, 0) is 17.8 Å². The molecule has 202 valence electrons. The highest BCUT2D eigenvalue weighted by Crippen LogP contribution is 2.38. The molecule has 0 radical (unpaired) electrons. The summed E-state index contributed by atoms with van der Waals surface area (Å²) in [5, 5.41) is 12.8. The number of carboxylic acid groups (broad SMARTS) is 1. The molecule has 1 aromatic heterocycles. The van der Waals surface area contributed by atoms with Crippen LogP contribution < -0.4 is 4.74 Å². The molecule has 39 heavy (non-hydrogen) atoms. The quantitative estimate of drug-likeness (QED) is 0.205. The van der Waals surface area contributed by atoms with Crippen molar-refractivity contribution in [3.05, 3.63) is 110 Å². The molecule has 4 aromatic rings. The van der Waals surface area contributed by atoms with E-state index >= 15 is 0 Å². The predicted octanol–water partition coefficient (Wildman–Crippen LogP) is 8.19. The maximum Gasteiger partial charge on any atom is 0.326 e. The van der Waals surface area contributed by atoms with Crippen molar-refractivity contribution >= 4 is 46.4 Å². The molecule has 8 heteroatoms. The fraction of sp³-hybridized carbons (Fsp3) is 0.226. The molecule has 0 saturated heterocycles. The zero-order valence-electron chi connectivity index (χ0n) is 21.9. The molecule has 0 aliphatic heterocycles. The lowest BCUT2D eigenvalue weighted by atomic mass is 9.96. The van der Waals surface area contributed by atoms with Crippen LogP contribution in [0.5, 0.6) is 5.75 Å². The standard InChI is InChI=1S/C31H29Cl2NO4S/c1-19(2)21-9-12-28(38-3)25(16-21)23-13-14-39-29(23)18-34(30(35)24-11-10-22(32)17-26(24)33)27(31(36)37)15-20-7-5-4-6-8-20/h4-14,16-17,19,27H,15,18H2,1-3H3,(H,36,37)/t27-/m0/s1. The van der Waals surface area contributed by atoms with Crippen molar-refractivity contribution in [1.82, 2.24) is 4.90 Å². The van der Waals surface area contributed by atoms with Crippen LogP contribution in [0, 0.1) is 0 Å². The molecule has 0 unspecified atom stereocenters. The van der Waals surface area contributed by atoms with Gasteiger partial charge in [0, 0.05) is 27.4 Å².